The molecule has 8 nitrogen and oxygen atoms in total. The Morgan fingerprint density at radius 2 is 1.77 bits per heavy atom. The van der Waals surface area contributed by atoms with Crippen molar-refractivity contribution in [1.82, 2.24) is 0 Å². The van der Waals surface area contributed by atoms with Gasteiger partial charge in [0.25, 0.3) is 5.69 Å². The molecule has 0 aliphatic carbocycles. The Kier molecular flexibility index (Phi) is 6.37. The SMILES string of the molecule is CCCCC(=NNc1ccc([N+](=O)[O-])cc1[N+](=O)[O-])c1ccc(C)cc1. The minimum absolute atomic E-state index is 0.113. The monoisotopic (exact) mass is 356 g/mol. The van der Waals surface area contributed by atoms with Crippen molar-refractivity contribution < 1.29 is 9.85 Å². The molecule has 2 aromatic carbocycles. The number of anilines is 1. The van der Waals surface area contributed by atoms with Crippen molar-refractivity contribution in [1.29, 1.82) is 0 Å². The molecule has 2 aromatic rings. The molecule has 26 heavy (non-hydrogen) atoms. The summed E-state index contributed by atoms with van der Waals surface area (Å²) in [5, 5.41) is 26.4. The molecule has 0 saturated heterocycles. The molecule has 0 aliphatic heterocycles. The zero-order valence-corrected chi connectivity index (χ0v) is 14.6. The van der Waals surface area contributed by atoms with E-state index in [-0.39, 0.29) is 17.1 Å². The number of aryl methyl sites for hydroxylation is 1. The molecular weight excluding hydrogens is 336 g/mol. The number of nitro groups is 2. The van der Waals surface area contributed by atoms with Crippen molar-refractivity contribution >= 4 is 22.8 Å². The second-order valence-electron chi connectivity index (χ2n) is 5.86. The highest BCUT2D eigenvalue weighted by Crippen LogP contribution is 2.29. The summed E-state index contributed by atoms with van der Waals surface area (Å²) in [7, 11) is 0. The average Bonchev–Trinajstić information content (AvgIpc) is 2.62. The maximum Gasteiger partial charge on any atom is 0.301 e. The van der Waals surface area contributed by atoms with E-state index >= 15 is 0 Å². The first-order valence-electron chi connectivity index (χ1n) is 8.24. The maximum absolute atomic E-state index is 11.2. The fraction of sp³-hybridized carbons (Fsp3) is 0.278. The number of unbranched alkanes of at least 4 members (excludes halogenated alkanes) is 1. The smallest absolute Gasteiger partial charge is 0.271 e. The van der Waals surface area contributed by atoms with Crippen LogP contribution in [0.15, 0.2) is 47.6 Å². The molecule has 0 amide bonds. The summed E-state index contributed by atoms with van der Waals surface area (Å²) in [6.45, 7) is 4.06. The number of hydrazone groups is 1. The van der Waals surface area contributed by atoms with Gasteiger partial charge in [-0.2, -0.15) is 5.10 Å². The Morgan fingerprint density at radius 1 is 1.08 bits per heavy atom. The maximum atomic E-state index is 11.2. The lowest BCUT2D eigenvalue weighted by Gasteiger charge is -2.08. The average molecular weight is 356 g/mol. The van der Waals surface area contributed by atoms with Gasteiger partial charge in [0, 0.05) is 6.07 Å². The molecule has 0 aliphatic rings. The second kappa shape index (κ2) is 8.70. The van der Waals surface area contributed by atoms with Gasteiger partial charge in [0.2, 0.25) is 0 Å². The minimum atomic E-state index is -0.668. The van der Waals surface area contributed by atoms with Crippen molar-refractivity contribution in [3.63, 3.8) is 0 Å². The van der Waals surface area contributed by atoms with Crippen LogP contribution in [0.5, 0.6) is 0 Å². The van der Waals surface area contributed by atoms with Crippen molar-refractivity contribution in [3.05, 3.63) is 73.8 Å². The minimum Gasteiger partial charge on any atom is -0.271 e. The van der Waals surface area contributed by atoms with Crippen molar-refractivity contribution in [2.24, 2.45) is 5.10 Å². The van der Waals surface area contributed by atoms with E-state index in [1.165, 1.54) is 12.1 Å². The number of hydrogen-bond donors (Lipinski definition) is 1. The Hall–Kier alpha value is -3.29. The van der Waals surface area contributed by atoms with Crippen molar-refractivity contribution in [2.75, 3.05) is 5.43 Å². The van der Waals surface area contributed by atoms with Gasteiger partial charge in [0.05, 0.1) is 21.6 Å². The lowest BCUT2D eigenvalue weighted by Crippen LogP contribution is -2.06. The summed E-state index contributed by atoms with van der Waals surface area (Å²) >= 11 is 0. The topological polar surface area (TPSA) is 111 Å². The molecule has 1 N–H and O–H groups in total. The largest absolute Gasteiger partial charge is 0.301 e. The zero-order valence-electron chi connectivity index (χ0n) is 14.6. The molecule has 0 aromatic heterocycles. The van der Waals surface area contributed by atoms with Crippen LogP contribution in [0.25, 0.3) is 0 Å². The van der Waals surface area contributed by atoms with E-state index in [0.29, 0.717) is 6.42 Å². The summed E-state index contributed by atoms with van der Waals surface area (Å²) in [6.07, 6.45) is 2.63. The van der Waals surface area contributed by atoms with E-state index in [1.807, 2.05) is 31.2 Å². The van der Waals surface area contributed by atoms with Gasteiger partial charge in [-0.3, -0.25) is 25.7 Å². The van der Waals surface area contributed by atoms with E-state index in [2.05, 4.69) is 17.5 Å². The predicted octanol–water partition coefficient (Wildman–Crippen LogP) is 4.82. The lowest BCUT2D eigenvalue weighted by molar-refractivity contribution is -0.393. The molecule has 0 fully saturated rings. The summed E-state index contributed by atoms with van der Waals surface area (Å²) in [6, 6.07) is 11.3. The molecule has 0 unspecified atom stereocenters. The molecule has 0 bridgehead atoms. The van der Waals surface area contributed by atoms with Crippen LogP contribution < -0.4 is 5.43 Å². The quantitative estimate of drug-likeness (QED) is 0.414. The Balaban J connectivity index is 2.34. The van der Waals surface area contributed by atoms with Gasteiger partial charge in [-0.05, 0) is 31.4 Å². The molecule has 136 valence electrons. The number of nitrogens with one attached hydrogen (secondary N) is 1. The van der Waals surface area contributed by atoms with Gasteiger partial charge in [-0.25, -0.2) is 0 Å². The fourth-order valence-corrected chi connectivity index (χ4v) is 2.36. The molecule has 0 radical (unpaired) electrons. The van der Waals surface area contributed by atoms with Gasteiger partial charge in [0.1, 0.15) is 5.69 Å². The van der Waals surface area contributed by atoms with Gasteiger partial charge in [0.15, 0.2) is 0 Å². The highest BCUT2D eigenvalue weighted by molar-refractivity contribution is 6.01. The van der Waals surface area contributed by atoms with Gasteiger partial charge in [-0.15, -0.1) is 0 Å². The zero-order chi connectivity index (χ0) is 19.1. The third-order valence-corrected chi connectivity index (χ3v) is 3.85. The first-order valence-corrected chi connectivity index (χ1v) is 8.24. The summed E-state index contributed by atoms with van der Waals surface area (Å²) in [4.78, 5) is 20.7. The number of nitro benzene ring substituents is 2. The summed E-state index contributed by atoms with van der Waals surface area (Å²) < 4.78 is 0. The molecule has 0 atom stereocenters. The molecule has 0 spiro atoms. The van der Waals surface area contributed by atoms with E-state index in [0.717, 1.165) is 35.7 Å². The molecule has 2 rings (SSSR count). The van der Waals surface area contributed by atoms with Crippen LogP contribution in [0, 0.1) is 27.2 Å². The van der Waals surface area contributed by atoms with Gasteiger partial charge in [-0.1, -0.05) is 43.2 Å². The Morgan fingerprint density at radius 3 is 2.35 bits per heavy atom. The van der Waals surface area contributed by atoms with E-state index < -0.39 is 9.85 Å². The third kappa shape index (κ3) is 4.85. The summed E-state index contributed by atoms with van der Waals surface area (Å²) in [5.74, 6) is 0. The van der Waals surface area contributed by atoms with Gasteiger partial charge < -0.3 is 0 Å². The van der Waals surface area contributed by atoms with Crippen molar-refractivity contribution in [3.8, 4) is 0 Å². The molecule has 8 heteroatoms. The lowest BCUT2D eigenvalue weighted by atomic mass is 10.0. The van der Waals surface area contributed by atoms with Crippen molar-refractivity contribution in [2.45, 2.75) is 33.1 Å². The van der Waals surface area contributed by atoms with Crippen LogP contribution in [0.1, 0.15) is 37.3 Å². The Labute approximate surface area is 150 Å². The van der Waals surface area contributed by atoms with E-state index in [9.17, 15) is 20.2 Å². The second-order valence-corrected chi connectivity index (χ2v) is 5.86. The van der Waals surface area contributed by atoms with E-state index in [1.54, 1.807) is 0 Å². The number of benzene rings is 2. The standard InChI is InChI=1S/C18H20N4O4/c1-3-4-5-16(14-8-6-13(2)7-9-14)19-20-17-11-10-15(21(23)24)12-18(17)22(25)26/h6-12,20H,3-5H2,1-2H3. The van der Waals surface area contributed by atoms with E-state index in [4.69, 9.17) is 0 Å². The highest BCUT2D eigenvalue weighted by Gasteiger charge is 2.19. The normalized spacial score (nSPS) is 11.2. The Bertz CT molecular complexity index is 832. The highest BCUT2D eigenvalue weighted by atomic mass is 16.6. The van der Waals surface area contributed by atoms with Crippen LogP contribution in [0.4, 0.5) is 17.1 Å². The number of hydrogen-bond acceptors (Lipinski definition) is 6. The van der Waals surface area contributed by atoms with Gasteiger partial charge >= 0.3 is 5.69 Å². The van der Waals surface area contributed by atoms with Crippen LogP contribution in [-0.4, -0.2) is 15.6 Å². The van der Waals surface area contributed by atoms with Crippen LogP contribution in [0.2, 0.25) is 0 Å². The first kappa shape index (κ1) is 19.0. The third-order valence-electron chi connectivity index (χ3n) is 3.85. The number of rotatable bonds is 8. The number of non-ortho nitro benzene ring substituents is 1. The fourth-order valence-electron chi connectivity index (χ4n) is 2.36. The molecule has 0 saturated carbocycles. The predicted molar refractivity (Wildman–Crippen MR) is 101 cm³/mol. The summed E-state index contributed by atoms with van der Waals surface area (Å²) in [5.41, 5.74) is 4.93. The van der Waals surface area contributed by atoms with Crippen LogP contribution >= 0.6 is 0 Å². The number of nitrogens with zero attached hydrogens (tertiary/aromatic N) is 3. The van der Waals surface area contributed by atoms with Crippen LogP contribution in [-0.2, 0) is 0 Å². The molecular formula is C18H20N4O4. The van der Waals surface area contributed by atoms with Crippen LogP contribution in [0.3, 0.4) is 0 Å². The molecule has 0 heterocycles. The first-order chi connectivity index (χ1) is 12.4.